The molecule has 0 fully saturated rings. The summed E-state index contributed by atoms with van der Waals surface area (Å²) in [6, 6.07) is 0.243. The van der Waals surface area contributed by atoms with Gasteiger partial charge in [0.05, 0.1) is 18.8 Å². The summed E-state index contributed by atoms with van der Waals surface area (Å²) < 4.78 is 5.12. The van der Waals surface area contributed by atoms with Crippen LogP contribution in [0.15, 0.2) is 12.5 Å². The van der Waals surface area contributed by atoms with Crippen molar-refractivity contribution in [1.29, 1.82) is 0 Å². The van der Waals surface area contributed by atoms with Crippen LogP contribution in [-0.2, 0) is 4.74 Å². The SMILES string of the molecule is CCCC(COC)Nc1ncncc1Cl. The lowest BCUT2D eigenvalue weighted by Gasteiger charge is -2.17. The quantitative estimate of drug-likeness (QED) is 0.814. The highest BCUT2D eigenvalue weighted by molar-refractivity contribution is 6.32. The van der Waals surface area contributed by atoms with E-state index in [0.29, 0.717) is 17.4 Å². The lowest BCUT2D eigenvalue weighted by molar-refractivity contribution is 0.182. The number of hydrogen-bond donors (Lipinski definition) is 1. The van der Waals surface area contributed by atoms with Crippen molar-refractivity contribution in [1.82, 2.24) is 9.97 Å². The molecule has 0 aliphatic heterocycles. The van der Waals surface area contributed by atoms with E-state index in [0.717, 1.165) is 12.8 Å². The Balaban J connectivity index is 2.60. The Kier molecular flexibility index (Phi) is 5.36. The van der Waals surface area contributed by atoms with E-state index in [-0.39, 0.29) is 6.04 Å². The maximum absolute atomic E-state index is 5.94. The van der Waals surface area contributed by atoms with Crippen LogP contribution in [0.3, 0.4) is 0 Å². The smallest absolute Gasteiger partial charge is 0.148 e. The van der Waals surface area contributed by atoms with E-state index in [9.17, 15) is 0 Å². The second-order valence-electron chi connectivity index (χ2n) is 3.30. The molecule has 0 amide bonds. The number of rotatable bonds is 6. The van der Waals surface area contributed by atoms with Crippen LogP contribution in [0.1, 0.15) is 19.8 Å². The molecule has 1 rings (SSSR count). The molecule has 1 atom stereocenters. The zero-order valence-corrected chi connectivity index (χ0v) is 9.79. The molecule has 1 aromatic heterocycles. The predicted molar refractivity (Wildman–Crippen MR) is 61.2 cm³/mol. The minimum absolute atomic E-state index is 0.243. The van der Waals surface area contributed by atoms with E-state index in [1.54, 1.807) is 13.3 Å². The van der Waals surface area contributed by atoms with Crippen molar-refractivity contribution in [2.24, 2.45) is 0 Å². The minimum Gasteiger partial charge on any atom is -0.383 e. The number of nitrogens with one attached hydrogen (secondary N) is 1. The van der Waals surface area contributed by atoms with Crippen LogP contribution in [-0.4, -0.2) is 29.7 Å². The average Bonchev–Trinajstić information content (AvgIpc) is 2.22. The number of anilines is 1. The first-order valence-corrected chi connectivity index (χ1v) is 5.36. The fraction of sp³-hybridized carbons (Fsp3) is 0.600. The van der Waals surface area contributed by atoms with E-state index in [4.69, 9.17) is 16.3 Å². The first kappa shape index (κ1) is 12.2. The number of methoxy groups -OCH3 is 1. The van der Waals surface area contributed by atoms with Gasteiger partial charge in [0.1, 0.15) is 17.2 Å². The Bertz CT molecular complexity index is 290. The Hall–Kier alpha value is -0.870. The Morgan fingerprint density at radius 2 is 2.40 bits per heavy atom. The molecule has 4 nitrogen and oxygen atoms in total. The highest BCUT2D eigenvalue weighted by Crippen LogP contribution is 2.18. The summed E-state index contributed by atoms with van der Waals surface area (Å²) >= 11 is 5.94. The van der Waals surface area contributed by atoms with E-state index in [1.165, 1.54) is 6.33 Å². The van der Waals surface area contributed by atoms with E-state index < -0.39 is 0 Å². The molecule has 0 saturated carbocycles. The predicted octanol–water partition coefficient (Wildman–Crippen LogP) is 2.36. The van der Waals surface area contributed by atoms with Gasteiger partial charge in [-0.3, -0.25) is 0 Å². The molecule has 0 bridgehead atoms. The van der Waals surface area contributed by atoms with E-state index in [1.807, 2.05) is 0 Å². The van der Waals surface area contributed by atoms with Gasteiger partial charge in [0.2, 0.25) is 0 Å². The molecule has 1 heterocycles. The van der Waals surface area contributed by atoms with E-state index in [2.05, 4.69) is 22.2 Å². The third kappa shape index (κ3) is 4.01. The number of aromatic nitrogens is 2. The van der Waals surface area contributed by atoms with Crippen LogP contribution in [0.5, 0.6) is 0 Å². The molecule has 0 saturated heterocycles. The largest absolute Gasteiger partial charge is 0.383 e. The van der Waals surface area contributed by atoms with Crippen LogP contribution in [0.25, 0.3) is 0 Å². The van der Waals surface area contributed by atoms with Crippen LogP contribution in [0.4, 0.5) is 5.82 Å². The van der Waals surface area contributed by atoms with Gasteiger partial charge < -0.3 is 10.1 Å². The Labute approximate surface area is 95.0 Å². The standard InChI is InChI=1S/C10H16ClN3O/c1-3-4-8(6-15-2)14-10-9(11)5-12-7-13-10/h5,7-8H,3-4,6H2,1-2H3,(H,12,13,14). The molecule has 0 aliphatic carbocycles. The first-order valence-electron chi connectivity index (χ1n) is 4.99. The molecule has 0 aromatic carbocycles. The fourth-order valence-electron chi connectivity index (χ4n) is 1.36. The number of hydrogen-bond acceptors (Lipinski definition) is 4. The lowest BCUT2D eigenvalue weighted by atomic mass is 10.2. The monoisotopic (exact) mass is 229 g/mol. The molecule has 1 aromatic rings. The van der Waals surface area contributed by atoms with Crippen molar-refractivity contribution in [3.63, 3.8) is 0 Å². The van der Waals surface area contributed by atoms with Crippen LogP contribution in [0.2, 0.25) is 5.02 Å². The third-order valence-electron chi connectivity index (χ3n) is 2.01. The molecule has 15 heavy (non-hydrogen) atoms. The summed E-state index contributed by atoms with van der Waals surface area (Å²) in [6.07, 6.45) is 5.16. The van der Waals surface area contributed by atoms with Gasteiger partial charge in [-0.1, -0.05) is 24.9 Å². The number of nitrogens with zero attached hydrogens (tertiary/aromatic N) is 2. The van der Waals surface area contributed by atoms with Crippen molar-refractivity contribution in [2.45, 2.75) is 25.8 Å². The molecule has 1 unspecified atom stereocenters. The summed E-state index contributed by atoms with van der Waals surface area (Å²) in [6.45, 7) is 2.78. The van der Waals surface area contributed by atoms with Crippen LogP contribution in [0, 0.1) is 0 Å². The van der Waals surface area contributed by atoms with Crippen molar-refractivity contribution >= 4 is 17.4 Å². The second-order valence-corrected chi connectivity index (χ2v) is 3.71. The summed E-state index contributed by atoms with van der Waals surface area (Å²) in [7, 11) is 1.69. The molecular formula is C10H16ClN3O. The Morgan fingerprint density at radius 3 is 3.00 bits per heavy atom. The second kappa shape index (κ2) is 6.58. The molecule has 84 valence electrons. The maximum Gasteiger partial charge on any atom is 0.148 e. The van der Waals surface area contributed by atoms with Gasteiger partial charge in [-0.15, -0.1) is 0 Å². The van der Waals surface area contributed by atoms with E-state index >= 15 is 0 Å². The summed E-state index contributed by atoms with van der Waals surface area (Å²) in [5.74, 6) is 0.669. The van der Waals surface area contributed by atoms with Crippen molar-refractivity contribution in [2.75, 3.05) is 19.0 Å². The van der Waals surface area contributed by atoms with Gasteiger partial charge in [-0.05, 0) is 6.42 Å². The minimum atomic E-state index is 0.243. The van der Waals surface area contributed by atoms with Crippen molar-refractivity contribution < 1.29 is 4.74 Å². The average molecular weight is 230 g/mol. The highest BCUT2D eigenvalue weighted by atomic mass is 35.5. The van der Waals surface area contributed by atoms with Crippen molar-refractivity contribution in [3.05, 3.63) is 17.5 Å². The summed E-state index contributed by atoms with van der Waals surface area (Å²) in [5.41, 5.74) is 0. The molecule has 0 radical (unpaired) electrons. The molecule has 5 heteroatoms. The van der Waals surface area contributed by atoms with Crippen LogP contribution < -0.4 is 5.32 Å². The number of halogens is 1. The summed E-state index contributed by atoms with van der Waals surface area (Å²) in [4.78, 5) is 7.90. The Morgan fingerprint density at radius 1 is 1.60 bits per heavy atom. The topological polar surface area (TPSA) is 47.0 Å². The van der Waals surface area contributed by atoms with Gasteiger partial charge in [0.25, 0.3) is 0 Å². The lowest BCUT2D eigenvalue weighted by Crippen LogP contribution is -2.25. The highest BCUT2D eigenvalue weighted by Gasteiger charge is 2.09. The molecular weight excluding hydrogens is 214 g/mol. The van der Waals surface area contributed by atoms with Gasteiger partial charge in [0, 0.05) is 7.11 Å². The summed E-state index contributed by atoms with van der Waals surface area (Å²) in [5, 5.41) is 3.78. The molecule has 0 spiro atoms. The molecule has 1 N–H and O–H groups in total. The zero-order valence-electron chi connectivity index (χ0n) is 9.03. The third-order valence-corrected chi connectivity index (χ3v) is 2.29. The first-order chi connectivity index (χ1) is 7.27. The maximum atomic E-state index is 5.94. The van der Waals surface area contributed by atoms with Crippen LogP contribution >= 0.6 is 11.6 Å². The fourth-order valence-corrected chi connectivity index (χ4v) is 1.52. The van der Waals surface area contributed by atoms with Gasteiger partial charge in [-0.2, -0.15) is 0 Å². The van der Waals surface area contributed by atoms with Gasteiger partial charge in [0.15, 0.2) is 0 Å². The van der Waals surface area contributed by atoms with Gasteiger partial charge in [-0.25, -0.2) is 9.97 Å². The molecule has 0 aliphatic rings. The van der Waals surface area contributed by atoms with Gasteiger partial charge >= 0.3 is 0 Å². The zero-order chi connectivity index (χ0) is 11.1. The number of ether oxygens (including phenoxy) is 1. The normalized spacial score (nSPS) is 12.5. The van der Waals surface area contributed by atoms with Crippen molar-refractivity contribution in [3.8, 4) is 0 Å².